The normalized spacial score (nSPS) is 10.4. The van der Waals surface area contributed by atoms with Crippen LogP contribution in [0.4, 0.5) is 24.5 Å². The van der Waals surface area contributed by atoms with Crippen LogP contribution in [0.15, 0.2) is 18.2 Å². The fourth-order valence-corrected chi connectivity index (χ4v) is 1.03. The van der Waals surface area contributed by atoms with E-state index >= 15 is 0 Å². The smallest absolute Gasteiger partial charge is 0.397 e. The third-order valence-corrected chi connectivity index (χ3v) is 1.74. The fourth-order valence-electron chi connectivity index (χ4n) is 1.03. The van der Waals surface area contributed by atoms with Gasteiger partial charge in [0.2, 0.25) is 0 Å². The number of hydrogen-bond acceptors (Lipinski definition) is 3. The second-order valence-electron chi connectivity index (χ2n) is 2.88. The van der Waals surface area contributed by atoms with Gasteiger partial charge >= 0.3 is 6.18 Å². The number of benzene rings is 1. The van der Waals surface area contributed by atoms with E-state index in [-0.39, 0.29) is 11.4 Å². The van der Waals surface area contributed by atoms with E-state index in [0.29, 0.717) is 0 Å². The number of alkyl halides is 3. The molecular weight excluding hydrogens is 219 g/mol. The zero-order valence-corrected chi connectivity index (χ0v) is 9.47. The molecule has 0 radical (unpaired) electrons. The summed E-state index contributed by atoms with van der Waals surface area (Å²) in [7, 11) is 1.42. The number of nitrogens with two attached hydrogens (primary N) is 2. The van der Waals surface area contributed by atoms with Crippen LogP contribution < -0.4 is 16.6 Å². The Kier molecular flexibility index (Phi) is 5.10. The van der Waals surface area contributed by atoms with Crippen molar-refractivity contribution in [2.24, 2.45) is 5.84 Å². The summed E-state index contributed by atoms with van der Waals surface area (Å²) in [5.74, 6) is 5.31. The molecular formula is C10H16F3N3. The number of anilines is 2. The maximum Gasteiger partial charge on any atom is 0.416 e. The molecule has 0 spiro atoms. The van der Waals surface area contributed by atoms with E-state index in [2.05, 4.69) is 0 Å². The van der Waals surface area contributed by atoms with Crippen molar-refractivity contribution in [2.75, 3.05) is 17.8 Å². The van der Waals surface area contributed by atoms with E-state index in [1.165, 1.54) is 13.1 Å². The molecule has 0 saturated heterocycles. The van der Waals surface area contributed by atoms with Crippen molar-refractivity contribution in [3.8, 4) is 0 Å². The molecule has 0 aliphatic carbocycles. The molecule has 0 aliphatic heterocycles. The summed E-state index contributed by atoms with van der Waals surface area (Å²) in [6.45, 7) is 4.00. The lowest BCUT2D eigenvalue weighted by Crippen LogP contribution is -2.26. The molecule has 0 fully saturated rings. The Morgan fingerprint density at radius 3 is 2.06 bits per heavy atom. The minimum Gasteiger partial charge on any atom is -0.397 e. The van der Waals surface area contributed by atoms with Crippen molar-refractivity contribution in [3.63, 3.8) is 0 Å². The molecule has 1 aromatic rings. The summed E-state index contributed by atoms with van der Waals surface area (Å²) in [5.41, 5.74) is 5.04. The molecule has 0 amide bonds. The lowest BCUT2D eigenvalue weighted by Gasteiger charge is -2.16. The van der Waals surface area contributed by atoms with Crippen LogP contribution in [0, 0.1) is 0 Å². The van der Waals surface area contributed by atoms with Gasteiger partial charge in [0.15, 0.2) is 0 Å². The van der Waals surface area contributed by atoms with E-state index in [1.54, 1.807) is 0 Å². The average molecular weight is 235 g/mol. The SMILES string of the molecule is CC.CN(N)c1cc(C(F)(F)F)ccc1N. The van der Waals surface area contributed by atoms with Gasteiger partial charge < -0.3 is 10.7 Å². The molecule has 1 rings (SSSR count). The number of nitrogens with zero attached hydrogens (tertiary/aromatic N) is 1. The first kappa shape index (κ1) is 14.6. The van der Waals surface area contributed by atoms with Crippen LogP contribution >= 0.6 is 0 Å². The summed E-state index contributed by atoms with van der Waals surface area (Å²) in [4.78, 5) is 0. The number of hydrazine groups is 1. The van der Waals surface area contributed by atoms with Crippen LogP contribution in [0.3, 0.4) is 0 Å². The van der Waals surface area contributed by atoms with Crippen LogP contribution in [0.2, 0.25) is 0 Å². The van der Waals surface area contributed by atoms with Crippen molar-refractivity contribution in [1.29, 1.82) is 0 Å². The highest BCUT2D eigenvalue weighted by Gasteiger charge is 2.31. The standard InChI is InChI=1S/C8H10F3N3.C2H6/c1-14(13)7-4-5(8(9,10)11)2-3-6(7)12;1-2/h2-4H,12-13H2,1H3;1-2H3. The zero-order valence-electron chi connectivity index (χ0n) is 9.47. The van der Waals surface area contributed by atoms with Gasteiger partial charge in [0.25, 0.3) is 0 Å². The molecule has 0 atom stereocenters. The van der Waals surface area contributed by atoms with E-state index in [4.69, 9.17) is 11.6 Å². The van der Waals surface area contributed by atoms with Gasteiger partial charge in [-0.2, -0.15) is 13.2 Å². The van der Waals surface area contributed by atoms with Crippen molar-refractivity contribution < 1.29 is 13.2 Å². The maximum absolute atomic E-state index is 12.3. The van der Waals surface area contributed by atoms with Gasteiger partial charge in [0, 0.05) is 7.05 Å². The van der Waals surface area contributed by atoms with Crippen molar-refractivity contribution in [1.82, 2.24) is 0 Å². The highest BCUT2D eigenvalue weighted by atomic mass is 19.4. The van der Waals surface area contributed by atoms with Gasteiger partial charge in [-0.15, -0.1) is 0 Å². The molecule has 0 bridgehead atoms. The molecule has 1 aromatic carbocycles. The van der Waals surface area contributed by atoms with Gasteiger partial charge in [-0.05, 0) is 18.2 Å². The Balaban J connectivity index is 0.00000106. The van der Waals surface area contributed by atoms with E-state index in [0.717, 1.165) is 17.1 Å². The van der Waals surface area contributed by atoms with Gasteiger partial charge in [-0.1, -0.05) is 13.8 Å². The Morgan fingerprint density at radius 2 is 1.69 bits per heavy atom. The maximum atomic E-state index is 12.3. The largest absolute Gasteiger partial charge is 0.416 e. The van der Waals surface area contributed by atoms with Crippen LogP contribution in [-0.2, 0) is 6.18 Å². The predicted octanol–water partition coefficient (Wildman–Crippen LogP) is 2.62. The van der Waals surface area contributed by atoms with Crippen molar-refractivity contribution in [3.05, 3.63) is 23.8 Å². The molecule has 4 N–H and O–H groups in total. The Bertz CT molecular complexity index is 335. The lowest BCUT2D eigenvalue weighted by atomic mass is 10.1. The van der Waals surface area contributed by atoms with Gasteiger partial charge in [-0.25, -0.2) is 5.84 Å². The molecule has 0 aromatic heterocycles. The van der Waals surface area contributed by atoms with E-state index in [1.807, 2.05) is 13.8 Å². The molecule has 0 unspecified atom stereocenters. The molecule has 0 saturated carbocycles. The third kappa shape index (κ3) is 3.62. The second kappa shape index (κ2) is 5.60. The number of rotatable bonds is 1. The van der Waals surface area contributed by atoms with Crippen LogP contribution in [0.5, 0.6) is 0 Å². The van der Waals surface area contributed by atoms with E-state index in [9.17, 15) is 13.2 Å². The first-order valence-corrected chi connectivity index (χ1v) is 4.77. The molecule has 0 aliphatic rings. The Labute approximate surface area is 92.8 Å². The molecule has 6 heteroatoms. The highest BCUT2D eigenvalue weighted by molar-refractivity contribution is 5.67. The minimum atomic E-state index is -4.38. The van der Waals surface area contributed by atoms with Crippen LogP contribution in [0.1, 0.15) is 19.4 Å². The van der Waals surface area contributed by atoms with Crippen molar-refractivity contribution in [2.45, 2.75) is 20.0 Å². The first-order valence-electron chi connectivity index (χ1n) is 4.77. The lowest BCUT2D eigenvalue weighted by molar-refractivity contribution is -0.137. The topological polar surface area (TPSA) is 55.3 Å². The summed E-state index contributed by atoms with van der Waals surface area (Å²) in [6, 6.07) is 3.01. The quantitative estimate of drug-likeness (QED) is 0.447. The van der Waals surface area contributed by atoms with Gasteiger partial charge in [0.05, 0.1) is 16.9 Å². The summed E-state index contributed by atoms with van der Waals surface area (Å²) in [6.07, 6.45) is -4.38. The first-order chi connectivity index (χ1) is 7.32. The molecule has 3 nitrogen and oxygen atoms in total. The predicted molar refractivity (Wildman–Crippen MR) is 59.8 cm³/mol. The van der Waals surface area contributed by atoms with E-state index < -0.39 is 11.7 Å². The summed E-state index contributed by atoms with van der Waals surface area (Å²) >= 11 is 0. The van der Waals surface area contributed by atoms with Crippen LogP contribution in [0.25, 0.3) is 0 Å². The number of nitrogen functional groups attached to an aromatic ring is 1. The zero-order chi connectivity index (χ0) is 12.9. The minimum absolute atomic E-state index is 0.153. The van der Waals surface area contributed by atoms with Gasteiger partial charge in [-0.3, -0.25) is 0 Å². The Hall–Kier alpha value is -1.43. The second-order valence-corrected chi connectivity index (χ2v) is 2.88. The number of hydrogen-bond donors (Lipinski definition) is 2. The summed E-state index contributed by atoms with van der Waals surface area (Å²) < 4.78 is 36.8. The van der Waals surface area contributed by atoms with Crippen molar-refractivity contribution >= 4 is 11.4 Å². The molecule has 0 heterocycles. The average Bonchev–Trinajstić information content (AvgIpc) is 2.19. The molecule has 92 valence electrons. The monoisotopic (exact) mass is 235 g/mol. The highest BCUT2D eigenvalue weighted by Crippen LogP contribution is 2.33. The van der Waals surface area contributed by atoms with Gasteiger partial charge in [0.1, 0.15) is 0 Å². The number of halogens is 3. The summed E-state index contributed by atoms with van der Waals surface area (Å²) in [5, 5.41) is 1.05. The molecule has 16 heavy (non-hydrogen) atoms. The third-order valence-electron chi connectivity index (χ3n) is 1.74. The van der Waals surface area contributed by atoms with Crippen LogP contribution in [-0.4, -0.2) is 7.05 Å². The fraction of sp³-hybridized carbons (Fsp3) is 0.400. The Morgan fingerprint density at radius 1 is 1.19 bits per heavy atom.